The first-order valence-corrected chi connectivity index (χ1v) is 23.1. The number of anilines is 4. The van der Waals surface area contributed by atoms with Crippen LogP contribution in [0.5, 0.6) is 0 Å². The Morgan fingerprint density at radius 2 is 1.09 bits per heavy atom. The van der Waals surface area contributed by atoms with Gasteiger partial charge in [0.05, 0.1) is 16.1 Å². The van der Waals surface area contributed by atoms with Gasteiger partial charge in [-0.25, -0.2) is 0 Å². The van der Waals surface area contributed by atoms with Crippen molar-refractivity contribution in [3.8, 4) is 22.3 Å². The van der Waals surface area contributed by atoms with Crippen LogP contribution in [0.1, 0.15) is 11.1 Å². The number of hydrogen-bond acceptors (Lipinski definition) is 2. The lowest BCUT2D eigenvalue weighted by molar-refractivity contribution is 1.26. The molecule has 0 radical (unpaired) electrons. The Kier molecular flexibility index (Phi) is 7.30. The molecule has 45 heavy (non-hydrogen) atoms. The first-order valence-electron chi connectivity index (χ1n) is 16.1. The van der Waals surface area contributed by atoms with Gasteiger partial charge in [-0.2, -0.15) is 0 Å². The van der Waals surface area contributed by atoms with Crippen LogP contribution in [0.25, 0.3) is 33.0 Å². The van der Waals surface area contributed by atoms with Crippen LogP contribution in [0, 0.1) is 0 Å². The van der Waals surface area contributed by atoms with E-state index in [9.17, 15) is 0 Å². The first kappa shape index (κ1) is 29.3. The highest BCUT2D eigenvalue weighted by atomic mass is 28.3. The fourth-order valence-electron chi connectivity index (χ4n) is 6.64. The summed E-state index contributed by atoms with van der Waals surface area (Å²) in [5, 5.41) is 13.0. The molecule has 0 amide bonds. The largest absolute Gasteiger partial charge is 0.356 e. The SMILES string of the molecule is C[Si](C)(C)c1ccc(Nc2ccc3c(c2)Cc2cc(Nc4ccc([Si](C)(C)C)cc4)c4cccc(-c5ccccc5)c4c2-3)cc1. The van der Waals surface area contributed by atoms with Crippen molar-refractivity contribution in [2.24, 2.45) is 0 Å². The van der Waals surface area contributed by atoms with E-state index in [1.165, 1.54) is 54.5 Å². The molecule has 0 atom stereocenters. The lowest BCUT2D eigenvalue weighted by atomic mass is 9.90. The maximum atomic E-state index is 3.83. The molecule has 0 aliphatic heterocycles. The van der Waals surface area contributed by atoms with E-state index in [2.05, 4.69) is 171 Å². The molecule has 224 valence electrons. The van der Waals surface area contributed by atoms with Crippen molar-refractivity contribution in [2.75, 3.05) is 10.6 Å². The molecule has 6 aromatic carbocycles. The predicted molar refractivity (Wildman–Crippen MR) is 203 cm³/mol. The molecule has 0 fully saturated rings. The summed E-state index contributed by atoms with van der Waals surface area (Å²) in [4.78, 5) is 0. The van der Waals surface area contributed by atoms with Crippen LogP contribution in [0.15, 0.2) is 121 Å². The second kappa shape index (κ2) is 11.2. The molecule has 1 aliphatic rings. The third kappa shape index (κ3) is 5.76. The summed E-state index contributed by atoms with van der Waals surface area (Å²) in [5.74, 6) is 0. The molecule has 4 heteroatoms. The minimum atomic E-state index is -1.36. The first-order chi connectivity index (χ1) is 21.5. The van der Waals surface area contributed by atoms with Crippen molar-refractivity contribution in [1.29, 1.82) is 0 Å². The van der Waals surface area contributed by atoms with Gasteiger partial charge in [0, 0.05) is 28.1 Å². The van der Waals surface area contributed by atoms with Crippen LogP contribution in [0.2, 0.25) is 39.3 Å². The van der Waals surface area contributed by atoms with Crippen molar-refractivity contribution >= 4 is 60.0 Å². The van der Waals surface area contributed by atoms with Crippen molar-refractivity contribution in [3.05, 3.63) is 132 Å². The predicted octanol–water partition coefficient (Wildman–Crippen LogP) is 10.7. The summed E-state index contributed by atoms with van der Waals surface area (Å²) < 4.78 is 0. The molecule has 1 aliphatic carbocycles. The van der Waals surface area contributed by atoms with Gasteiger partial charge in [-0.05, 0) is 87.7 Å². The molecule has 7 rings (SSSR count). The summed E-state index contributed by atoms with van der Waals surface area (Å²) >= 11 is 0. The molecule has 6 aromatic rings. The van der Waals surface area contributed by atoms with E-state index in [0.717, 1.165) is 29.2 Å². The Labute approximate surface area is 270 Å². The van der Waals surface area contributed by atoms with E-state index in [0.29, 0.717) is 0 Å². The van der Waals surface area contributed by atoms with E-state index >= 15 is 0 Å². The van der Waals surface area contributed by atoms with E-state index in [-0.39, 0.29) is 0 Å². The number of rotatable bonds is 7. The summed E-state index contributed by atoms with van der Waals surface area (Å²) in [6, 6.07) is 45.0. The molecule has 0 heterocycles. The molecule has 0 unspecified atom stereocenters. The fraction of sp³-hybridized carbons (Fsp3) is 0.171. The average molecular weight is 619 g/mol. The van der Waals surface area contributed by atoms with Gasteiger partial charge in [0.25, 0.3) is 0 Å². The molecule has 0 bridgehead atoms. The van der Waals surface area contributed by atoms with Crippen molar-refractivity contribution in [2.45, 2.75) is 45.7 Å². The Morgan fingerprint density at radius 1 is 0.489 bits per heavy atom. The van der Waals surface area contributed by atoms with E-state index in [1.807, 2.05) is 0 Å². The van der Waals surface area contributed by atoms with Crippen LogP contribution in [0.3, 0.4) is 0 Å². The zero-order valence-corrected chi connectivity index (χ0v) is 29.3. The second-order valence-corrected chi connectivity index (χ2v) is 24.7. The fourth-order valence-corrected chi connectivity index (χ4v) is 8.97. The van der Waals surface area contributed by atoms with Crippen molar-refractivity contribution in [1.82, 2.24) is 0 Å². The van der Waals surface area contributed by atoms with Gasteiger partial charge in [0.2, 0.25) is 0 Å². The monoisotopic (exact) mass is 618 g/mol. The molecule has 2 nitrogen and oxygen atoms in total. The van der Waals surface area contributed by atoms with Gasteiger partial charge < -0.3 is 10.6 Å². The maximum Gasteiger partial charge on any atom is 0.0775 e. The zero-order valence-electron chi connectivity index (χ0n) is 27.3. The third-order valence-corrected chi connectivity index (χ3v) is 13.3. The molecule has 0 saturated carbocycles. The van der Waals surface area contributed by atoms with Gasteiger partial charge in [0.1, 0.15) is 0 Å². The molecule has 0 saturated heterocycles. The Balaban J connectivity index is 1.31. The van der Waals surface area contributed by atoms with Crippen LogP contribution in [-0.2, 0) is 6.42 Å². The minimum absolute atomic E-state index is 0.914. The highest BCUT2D eigenvalue weighted by Crippen LogP contribution is 2.48. The normalized spacial score (nSPS) is 12.6. The second-order valence-electron chi connectivity index (χ2n) is 14.5. The zero-order chi connectivity index (χ0) is 31.3. The standard InChI is InChI=1S/C41H42N2Si2/c1-44(2,3)34-20-15-31(16-21-34)42-33-19-24-37-29(26-33)25-30-27-39(43-32-17-22-35(23-18-32)45(4,5)6)38-14-10-13-36(41(38)40(30)37)28-11-8-7-9-12-28/h7-24,26-27,42-43H,25H2,1-6H3. The highest BCUT2D eigenvalue weighted by molar-refractivity contribution is 6.89. The number of hydrogen-bond donors (Lipinski definition) is 2. The number of fused-ring (bicyclic) bond motifs is 5. The summed E-state index contributed by atoms with van der Waals surface area (Å²) in [5.41, 5.74) is 12.5. The Hall–Kier alpha value is -4.39. The quantitative estimate of drug-likeness (QED) is 0.174. The molecule has 0 aromatic heterocycles. The summed E-state index contributed by atoms with van der Waals surface area (Å²) in [6.07, 6.45) is 0.914. The molecular weight excluding hydrogens is 577 g/mol. The van der Waals surface area contributed by atoms with Gasteiger partial charge >= 0.3 is 0 Å². The smallest absolute Gasteiger partial charge is 0.0775 e. The van der Waals surface area contributed by atoms with Crippen molar-refractivity contribution in [3.63, 3.8) is 0 Å². The van der Waals surface area contributed by atoms with E-state index in [4.69, 9.17) is 0 Å². The van der Waals surface area contributed by atoms with Gasteiger partial charge in [-0.3, -0.25) is 0 Å². The molecular formula is C41H42N2Si2. The lowest BCUT2D eigenvalue weighted by Gasteiger charge is -2.19. The van der Waals surface area contributed by atoms with E-state index < -0.39 is 16.1 Å². The van der Waals surface area contributed by atoms with Gasteiger partial charge in [-0.15, -0.1) is 0 Å². The average Bonchev–Trinajstić information content (AvgIpc) is 3.38. The van der Waals surface area contributed by atoms with Crippen LogP contribution in [-0.4, -0.2) is 16.1 Å². The summed E-state index contributed by atoms with van der Waals surface area (Å²) in [6.45, 7) is 14.4. The van der Waals surface area contributed by atoms with Gasteiger partial charge in [-0.1, -0.05) is 129 Å². The number of nitrogens with one attached hydrogen (secondary N) is 2. The molecule has 2 N–H and O–H groups in total. The Bertz CT molecular complexity index is 2020. The number of benzene rings is 6. The third-order valence-electron chi connectivity index (χ3n) is 9.15. The minimum Gasteiger partial charge on any atom is -0.356 e. The van der Waals surface area contributed by atoms with Crippen LogP contribution >= 0.6 is 0 Å². The van der Waals surface area contributed by atoms with Crippen molar-refractivity contribution < 1.29 is 0 Å². The van der Waals surface area contributed by atoms with Crippen LogP contribution < -0.4 is 21.0 Å². The summed E-state index contributed by atoms with van der Waals surface area (Å²) in [7, 11) is -2.68. The highest BCUT2D eigenvalue weighted by Gasteiger charge is 2.25. The molecule has 0 spiro atoms. The van der Waals surface area contributed by atoms with Gasteiger partial charge in [0.15, 0.2) is 0 Å². The Morgan fingerprint density at radius 3 is 1.71 bits per heavy atom. The topological polar surface area (TPSA) is 24.1 Å². The van der Waals surface area contributed by atoms with E-state index in [1.54, 1.807) is 0 Å². The maximum absolute atomic E-state index is 3.83. The lowest BCUT2D eigenvalue weighted by Crippen LogP contribution is -2.37. The van der Waals surface area contributed by atoms with Crippen LogP contribution in [0.4, 0.5) is 22.7 Å².